The topological polar surface area (TPSA) is 94.8 Å². The molecular formula is C23H33N3O4. The van der Waals surface area contributed by atoms with Crippen molar-refractivity contribution in [1.82, 2.24) is 10.2 Å². The third-order valence-electron chi connectivity index (χ3n) is 5.06. The number of aliphatic hydroxyl groups excluding tert-OH is 1. The Morgan fingerprint density at radius 3 is 2.60 bits per heavy atom. The quantitative estimate of drug-likeness (QED) is 0.742. The normalized spacial score (nSPS) is 21.6. The number of fused-ring (bicyclic) bond motifs is 1. The first-order chi connectivity index (χ1) is 14.3. The van der Waals surface area contributed by atoms with Gasteiger partial charge in [-0.3, -0.25) is 4.79 Å². The van der Waals surface area contributed by atoms with E-state index in [1.165, 1.54) is 6.08 Å². The highest BCUT2D eigenvalue weighted by molar-refractivity contribution is 5.91. The van der Waals surface area contributed by atoms with Gasteiger partial charge in [-0.05, 0) is 51.6 Å². The van der Waals surface area contributed by atoms with Crippen LogP contribution < -0.4 is 10.1 Å². The maximum atomic E-state index is 12.5. The first-order valence-corrected chi connectivity index (χ1v) is 10.5. The Morgan fingerprint density at radius 1 is 1.33 bits per heavy atom. The van der Waals surface area contributed by atoms with E-state index in [1.807, 2.05) is 6.92 Å². The van der Waals surface area contributed by atoms with E-state index in [1.54, 1.807) is 36.9 Å². The summed E-state index contributed by atoms with van der Waals surface area (Å²) in [4.78, 5) is 14.1. The van der Waals surface area contributed by atoms with Crippen LogP contribution in [0.4, 0.5) is 0 Å². The second-order valence-electron chi connectivity index (χ2n) is 7.84. The first-order valence-electron chi connectivity index (χ1n) is 10.5. The molecule has 7 heteroatoms. The zero-order valence-corrected chi connectivity index (χ0v) is 18.6. The lowest BCUT2D eigenvalue weighted by atomic mass is 9.85. The van der Waals surface area contributed by atoms with Gasteiger partial charge < -0.3 is 24.8 Å². The van der Waals surface area contributed by atoms with Gasteiger partial charge in [0.1, 0.15) is 23.2 Å². The molecule has 0 radical (unpaired) electrons. The van der Waals surface area contributed by atoms with Crippen LogP contribution in [-0.2, 0) is 9.53 Å². The molecule has 2 heterocycles. The van der Waals surface area contributed by atoms with Gasteiger partial charge in [-0.15, -0.1) is 0 Å². The molecule has 2 unspecified atom stereocenters. The Kier molecular flexibility index (Phi) is 8.27. The summed E-state index contributed by atoms with van der Waals surface area (Å²) < 4.78 is 11.5. The average Bonchev–Trinajstić information content (AvgIpc) is 3.08. The van der Waals surface area contributed by atoms with E-state index in [4.69, 9.17) is 9.47 Å². The van der Waals surface area contributed by atoms with Gasteiger partial charge in [-0.2, -0.15) is 5.26 Å². The van der Waals surface area contributed by atoms with Crippen molar-refractivity contribution in [3.05, 3.63) is 41.2 Å². The standard InChI is InChI=1S/C19H22N2O4.C4H11N/c1-4-7-24-13-9-16(22)21(11-13)17-14-8-12(10-20)5-6-15(14)25-19(2,3)18(17)23;1-3-5-4-2/h5-6,8-9,17-18,23H,4,7,11H2,1-3H3;5H,3-4H2,1-2H3. The van der Waals surface area contributed by atoms with E-state index in [0.29, 0.717) is 35.8 Å². The van der Waals surface area contributed by atoms with Gasteiger partial charge in [0.25, 0.3) is 5.91 Å². The number of nitrogens with one attached hydrogen (secondary N) is 1. The van der Waals surface area contributed by atoms with Crippen molar-refractivity contribution in [3.63, 3.8) is 0 Å². The molecule has 0 saturated heterocycles. The van der Waals surface area contributed by atoms with E-state index in [-0.39, 0.29) is 5.91 Å². The van der Waals surface area contributed by atoms with E-state index in [9.17, 15) is 15.2 Å². The Hall–Kier alpha value is -2.56. The number of carbonyl (C=O) groups excluding carboxylic acids is 1. The number of hydrogen-bond donors (Lipinski definition) is 2. The Morgan fingerprint density at radius 2 is 2.03 bits per heavy atom. The number of benzene rings is 1. The maximum Gasteiger partial charge on any atom is 0.251 e. The second-order valence-corrected chi connectivity index (χ2v) is 7.84. The molecule has 1 amide bonds. The fourth-order valence-electron chi connectivity index (χ4n) is 3.49. The molecular weight excluding hydrogens is 382 g/mol. The van der Waals surface area contributed by atoms with Crippen molar-refractivity contribution < 1.29 is 19.4 Å². The number of ether oxygens (including phenoxy) is 2. The Bertz CT molecular complexity index is 811. The number of nitriles is 1. The minimum absolute atomic E-state index is 0.207. The monoisotopic (exact) mass is 415 g/mol. The smallest absolute Gasteiger partial charge is 0.251 e. The highest BCUT2D eigenvalue weighted by Gasteiger charge is 2.47. The predicted octanol–water partition coefficient (Wildman–Crippen LogP) is 2.90. The van der Waals surface area contributed by atoms with Crippen LogP contribution in [0.1, 0.15) is 58.2 Å². The van der Waals surface area contributed by atoms with Crippen LogP contribution in [0.5, 0.6) is 5.75 Å². The van der Waals surface area contributed by atoms with Crippen LogP contribution in [0.15, 0.2) is 30.0 Å². The number of aliphatic hydroxyl groups is 1. The van der Waals surface area contributed by atoms with Crippen molar-refractivity contribution in [3.8, 4) is 11.8 Å². The number of nitrogens with zero attached hydrogens (tertiary/aromatic N) is 2. The van der Waals surface area contributed by atoms with Gasteiger partial charge in [-0.25, -0.2) is 0 Å². The SMILES string of the molecule is CCCOC1=CC(=O)N(C2c3cc(C#N)ccc3OC(C)(C)C2O)C1.CCNCC. The highest BCUT2D eigenvalue weighted by Crippen LogP contribution is 2.44. The van der Waals surface area contributed by atoms with Crippen molar-refractivity contribution >= 4 is 5.91 Å². The largest absolute Gasteiger partial charge is 0.496 e. The van der Waals surface area contributed by atoms with Crippen molar-refractivity contribution in [2.24, 2.45) is 0 Å². The molecule has 1 aromatic carbocycles. The minimum Gasteiger partial charge on any atom is -0.496 e. The fraction of sp³-hybridized carbons (Fsp3) is 0.565. The molecule has 2 atom stereocenters. The molecule has 0 saturated carbocycles. The zero-order valence-electron chi connectivity index (χ0n) is 18.6. The average molecular weight is 416 g/mol. The maximum absolute atomic E-state index is 12.5. The Labute approximate surface area is 179 Å². The third-order valence-corrected chi connectivity index (χ3v) is 5.06. The van der Waals surface area contributed by atoms with E-state index in [2.05, 4.69) is 25.2 Å². The summed E-state index contributed by atoms with van der Waals surface area (Å²) in [6.07, 6.45) is 1.39. The van der Waals surface area contributed by atoms with Crippen LogP contribution in [0.3, 0.4) is 0 Å². The fourth-order valence-corrected chi connectivity index (χ4v) is 3.49. The third kappa shape index (κ3) is 5.32. The second kappa shape index (κ2) is 10.5. The van der Waals surface area contributed by atoms with Crippen LogP contribution in [-0.4, -0.2) is 53.9 Å². The molecule has 0 aromatic heterocycles. The molecule has 30 heavy (non-hydrogen) atoms. The van der Waals surface area contributed by atoms with Gasteiger partial charge in [0.05, 0.1) is 30.8 Å². The molecule has 7 nitrogen and oxygen atoms in total. The lowest BCUT2D eigenvalue weighted by Gasteiger charge is -2.45. The number of rotatable bonds is 6. The summed E-state index contributed by atoms with van der Waals surface area (Å²) in [6.45, 7) is 12.8. The molecule has 0 aliphatic carbocycles. The molecule has 3 rings (SSSR count). The highest BCUT2D eigenvalue weighted by atomic mass is 16.5. The van der Waals surface area contributed by atoms with Crippen molar-refractivity contribution in [2.75, 3.05) is 26.2 Å². The van der Waals surface area contributed by atoms with Gasteiger partial charge in [0, 0.05) is 11.6 Å². The molecule has 0 fully saturated rings. The molecule has 1 aromatic rings. The summed E-state index contributed by atoms with van der Waals surface area (Å²) in [7, 11) is 0. The van der Waals surface area contributed by atoms with Crippen molar-refractivity contribution in [1.29, 1.82) is 5.26 Å². The molecule has 0 bridgehead atoms. The predicted molar refractivity (Wildman–Crippen MR) is 115 cm³/mol. The van der Waals surface area contributed by atoms with E-state index >= 15 is 0 Å². The molecule has 2 aliphatic heterocycles. The van der Waals surface area contributed by atoms with Gasteiger partial charge >= 0.3 is 0 Å². The molecule has 2 aliphatic rings. The van der Waals surface area contributed by atoms with Gasteiger partial charge in [0.15, 0.2) is 0 Å². The van der Waals surface area contributed by atoms with Crippen LogP contribution in [0.25, 0.3) is 0 Å². The number of carbonyl (C=O) groups is 1. The summed E-state index contributed by atoms with van der Waals surface area (Å²) in [5, 5.41) is 23.2. The number of hydrogen-bond acceptors (Lipinski definition) is 6. The minimum atomic E-state index is -0.934. The first kappa shape index (κ1) is 23.7. The summed E-state index contributed by atoms with van der Waals surface area (Å²) >= 11 is 0. The lowest BCUT2D eigenvalue weighted by molar-refractivity contribution is -0.137. The molecule has 0 spiro atoms. The van der Waals surface area contributed by atoms with Crippen LogP contribution >= 0.6 is 0 Å². The summed E-state index contributed by atoms with van der Waals surface area (Å²) in [5.74, 6) is 0.970. The number of amides is 1. The van der Waals surface area contributed by atoms with Crippen molar-refractivity contribution in [2.45, 2.75) is 58.8 Å². The van der Waals surface area contributed by atoms with Gasteiger partial charge in [-0.1, -0.05) is 20.8 Å². The molecule has 164 valence electrons. The van der Waals surface area contributed by atoms with E-state index < -0.39 is 17.7 Å². The van der Waals surface area contributed by atoms with Crippen LogP contribution in [0.2, 0.25) is 0 Å². The Balaban J connectivity index is 0.000000575. The zero-order chi connectivity index (χ0) is 22.3. The summed E-state index contributed by atoms with van der Waals surface area (Å²) in [5.41, 5.74) is 0.241. The van der Waals surface area contributed by atoms with Crippen LogP contribution in [0, 0.1) is 11.3 Å². The van der Waals surface area contributed by atoms with Gasteiger partial charge in [0.2, 0.25) is 0 Å². The summed E-state index contributed by atoms with van der Waals surface area (Å²) in [6, 6.07) is 6.56. The molecule has 2 N–H and O–H groups in total. The lowest BCUT2D eigenvalue weighted by Crippen LogP contribution is -2.54. The van der Waals surface area contributed by atoms with E-state index in [0.717, 1.165) is 19.5 Å².